The van der Waals surface area contributed by atoms with E-state index >= 15 is 0 Å². The molecule has 1 unspecified atom stereocenters. The number of carbonyl (C=O) groups excluding carboxylic acids is 1. The van der Waals surface area contributed by atoms with Gasteiger partial charge >= 0.3 is 6.09 Å². The van der Waals surface area contributed by atoms with Crippen LogP contribution in [0, 0.1) is 11.6 Å². The lowest BCUT2D eigenvalue weighted by Crippen LogP contribution is -2.57. The number of nitrogens with one attached hydrogen (secondary N) is 1. The van der Waals surface area contributed by atoms with Crippen molar-refractivity contribution in [3.63, 3.8) is 0 Å². The number of guanidine groups is 1. The Labute approximate surface area is 181 Å². The number of hydrogen-bond acceptors (Lipinski definition) is 5. The lowest BCUT2D eigenvalue weighted by molar-refractivity contribution is 0.0137. The Morgan fingerprint density at radius 1 is 1.29 bits per heavy atom. The van der Waals surface area contributed by atoms with Gasteiger partial charge < -0.3 is 19.9 Å². The molecule has 2 heterocycles. The molecule has 9 heteroatoms. The van der Waals surface area contributed by atoms with Crippen LogP contribution in [-0.4, -0.2) is 66.2 Å². The zero-order valence-corrected chi connectivity index (χ0v) is 18.7. The van der Waals surface area contributed by atoms with Gasteiger partial charge in [0.05, 0.1) is 12.6 Å². The molecule has 1 amide bonds. The molecule has 0 radical (unpaired) electrons. The summed E-state index contributed by atoms with van der Waals surface area (Å²) in [7, 11) is 0. The number of fused-ring (bicyclic) bond motifs is 1. The molecule has 2 aliphatic rings. The van der Waals surface area contributed by atoms with Crippen LogP contribution in [0.5, 0.6) is 0 Å². The minimum absolute atomic E-state index is 0. The van der Waals surface area contributed by atoms with Gasteiger partial charge in [-0.15, -0.1) is 24.0 Å². The van der Waals surface area contributed by atoms with E-state index in [9.17, 15) is 13.6 Å². The van der Waals surface area contributed by atoms with Crippen molar-refractivity contribution in [1.29, 1.82) is 0 Å². The summed E-state index contributed by atoms with van der Waals surface area (Å²) in [4.78, 5) is 20.5. The minimum Gasteiger partial charge on any atom is -0.444 e. The molecular weight excluding hydrogens is 481 g/mol. The smallest absolute Gasteiger partial charge is 0.410 e. The molecule has 28 heavy (non-hydrogen) atoms. The zero-order valence-electron chi connectivity index (χ0n) is 16.4. The third-order valence-corrected chi connectivity index (χ3v) is 4.58. The highest BCUT2D eigenvalue weighted by Gasteiger charge is 2.36. The molecule has 0 bridgehead atoms. The molecule has 0 spiro atoms. The topological polar surface area (TPSA) is 57.2 Å². The van der Waals surface area contributed by atoms with Crippen LogP contribution in [-0.2, 0) is 11.2 Å². The molecule has 1 N–H and O–H groups in total. The van der Waals surface area contributed by atoms with Crippen molar-refractivity contribution < 1.29 is 18.3 Å². The van der Waals surface area contributed by atoms with Crippen LogP contribution < -0.4 is 5.32 Å². The Bertz CT molecular complexity index is 719. The molecule has 0 aromatic heterocycles. The fourth-order valence-corrected chi connectivity index (χ4v) is 3.29. The largest absolute Gasteiger partial charge is 0.444 e. The lowest BCUT2D eigenvalue weighted by atomic mass is 10.1. The van der Waals surface area contributed by atoms with E-state index in [0.717, 1.165) is 5.96 Å². The number of nitrogens with zero attached hydrogens (tertiary/aromatic N) is 3. The first-order valence-corrected chi connectivity index (χ1v) is 9.20. The number of aliphatic imine (C=N–C) groups is 1. The fourth-order valence-electron chi connectivity index (χ4n) is 3.29. The molecule has 156 valence electrons. The highest BCUT2D eigenvalue weighted by Crippen LogP contribution is 2.19. The molecular formula is C19H27F2IN4O2. The van der Waals surface area contributed by atoms with Crippen molar-refractivity contribution in [1.82, 2.24) is 15.1 Å². The van der Waals surface area contributed by atoms with E-state index in [-0.39, 0.29) is 48.1 Å². The molecule has 2 aliphatic heterocycles. The summed E-state index contributed by atoms with van der Waals surface area (Å²) in [6.07, 6.45) is -0.0707. The molecule has 6 nitrogen and oxygen atoms in total. The van der Waals surface area contributed by atoms with Crippen molar-refractivity contribution in [3.05, 3.63) is 35.4 Å². The monoisotopic (exact) mass is 508 g/mol. The van der Waals surface area contributed by atoms with Crippen LogP contribution in [0.2, 0.25) is 0 Å². The van der Waals surface area contributed by atoms with Crippen LogP contribution >= 0.6 is 24.0 Å². The van der Waals surface area contributed by atoms with E-state index in [2.05, 4.69) is 15.2 Å². The summed E-state index contributed by atoms with van der Waals surface area (Å²) in [6, 6.07) is 3.98. The van der Waals surface area contributed by atoms with Gasteiger partial charge in [0.1, 0.15) is 17.2 Å². The maximum Gasteiger partial charge on any atom is 0.410 e. The van der Waals surface area contributed by atoms with Crippen LogP contribution in [0.1, 0.15) is 26.3 Å². The van der Waals surface area contributed by atoms with Crippen molar-refractivity contribution in [3.8, 4) is 0 Å². The Morgan fingerprint density at radius 3 is 2.61 bits per heavy atom. The third-order valence-electron chi connectivity index (χ3n) is 4.58. The second-order valence-corrected chi connectivity index (χ2v) is 7.81. The summed E-state index contributed by atoms with van der Waals surface area (Å²) in [5, 5.41) is 3.17. The van der Waals surface area contributed by atoms with Gasteiger partial charge in [0.25, 0.3) is 0 Å². The van der Waals surface area contributed by atoms with E-state index in [4.69, 9.17) is 4.74 Å². The van der Waals surface area contributed by atoms with Gasteiger partial charge in [0, 0.05) is 31.7 Å². The molecule has 3 rings (SSSR count). The number of ether oxygens (including phenoxy) is 1. The van der Waals surface area contributed by atoms with Crippen molar-refractivity contribution >= 4 is 36.0 Å². The predicted octanol–water partition coefficient (Wildman–Crippen LogP) is 3.01. The Hall–Kier alpha value is -1.65. The van der Waals surface area contributed by atoms with Gasteiger partial charge in [-0.05, 0) is 39.3 Å². The van der Waals surface area contributed by atoms with Gasteiger partial charge in [-0.25, -0.2) is 13.6 Å². The summed E-state index contributed by atoms with van der Waals surface area (Å²) >= 11 is 0. The Balaban J connectivity index is 0.00000280. The van der Waals surface area contributed by atoms with Crippen LogP contribution in [0.15, 0.2) is 23.2 Å². The number of amides is 1. The summed E-state index contributed by atoms with van der Waals surface area (Å²) < 4.78 is 32.8. The Morgan fingerprint density at radius 2 is 1.96 bits per heavy atom. The van der Waals surface area contributed by atoms with Crippen LogP contribution in [0.25, 0.3) is 0 Å². The van der Waals surface area contributed by atoms with Gasteiger partial charge in [-0.3, -0.25) is 4.99 Å². The average Bonchev–Trinajstić information content (AvgIpc) is 2.98. The van der Waals surface area contributed by atoms with Crippen molar-refractivity contribution in [2.45, 2.75) is 38.8 Å². The summed E-state index contributed by atoms with van der Waals surface area (Å²) in [6.45, 7) is 8.25. The zero-order chi connectivity index (χ0) is 19.6. The second-order valence-electron chi connectivity index (χ2n) is 7.81. The van der Waals surface area contributed by atoms with Crippen molar-refractivity contribution in [2.24, 2.45) is 4.99 Å². The maximum absolute atomic E-state index is 13.7. The van der Waals surface area contributed by atoms with E-state index in [1.54, 1.807) is 4.90 Å². The molecule has 0 saturated carbocycles. The van der Waals surface area contributed by atoms with Gasteiger partial charge in [0.2, 0.25) is 0 Å². The highest BCUT2D eigenvalue weighted by molar-refractivity contribution is 14.0. The lowest BCUT2D eigenvalue weighted by Gasteiger charge is -2.39. The highest BCUT2D eigenvalue weighted by atomic mass is 127. The van der Waals surface area contributed by atoms with Gasteiger partial charge in [-0.2, -0.15) is 0 Å². The quantitative estimate of drug-likeness (QED) is 0.639. The van der Waals surface area contributed by atoms with Gasteiger partial charge in [-0.1, -0.05) is 6.07 Å². The normalized spacial score (nSPS) is 18.9. The number of hydrogen-bond donors (Lipinski definition) is 1. The molecule has 1 fully saturated rings. The number of benzene rings is 1. The van der Waals surface area contributed by atoms with Crippen LogP contribution in [0.4, 0.5) is 13.6 Å². The first kappa shape index (κ1) is 22.6. The van der Waals surface area contributed by atoms with Gasteiger partial charge in [0.15, 0.2) is 5.96 Å². The summed E-state index contributed by atoms with van der Waals surface area (Å²) in [5.41, 5.74) is -0.440. The van der Waals surface area contributed by atoms with E-state index in [0.29, 0.717) is 32.7 Å². The van der Waals surface area contributed by atoms with E-state index < -0.39 is 17.2 Å². The number of carbonyl (C=O) groups is 1. The second kappa shape index (κ2) is 9.23. The van der Waals surface area contributed by atoms with Crippen molar-refractivity contribution in [2.75, 3.05) is 32.7 Å². The molecule has 1 aromatic carbocycles. The van der Waals surface area contributed by atoms with E-state index in [1.807, 2.05) is 20.8 Å². The SMILES string of the molecule is CC(C)(C)OC(=O)N1CCN2C(NCCc3c(F)cccc3F)=NCC2C1.I. The predicted molar refractivity (Wildman–Crippen MR) is 114 cm³/mol. The first-order chi connectivity index (χ1) is 12.7. The molecule has 1 aromatic rings. The fraction of sp³-hybridized carbons (Fsp3) is 0.579. The summed E-state index contributed by atoms with van der Waals surface area (Å²) in [5.74, 6) is -0.344. The standard InChI is InChI=1S/C19H26F2N4O2.HI/c1-19(2,3)27-18(26)24-9-10-25-13(12-24)11-23-17(25)22-8-7-14-15(20)5-4-6-16(14)21;/h4-6,13H,7-12H2,1-3H3,(H,22,23);1H. The maximum atomic E-state index is 13.7. The third kappa shape index (κ3) is 5.45. The average molecular weight is 508 g/mol. The molecule has 0 aliphatic carbocycles. The Kier molecular flexibility index (Phi) is 7.46. The number of piperazine rings is 1. The van der Waals surface area contributed by atoms with Crippen LogP contribution in [0.3, 0.4) is 0 Å². The van der Waals surface area contributed by atoms with E-state index in [1.165, 1.54) is 18.2 Å². The minimum atomic E-state index is -0.533. The number of rotatable bonds is 3. The molecule has 1 saturated heterocycles. The molecule has 1 atom stereocenters. The first-order valence-electron chi connectivity index (χ1n) is 9.20. The number of halogens is 3.